The molecule has 0 fully saturated rings. The third-order valence-corrected chi connectivity index (χ3v) is 4.41. The molecular formula is C18H25IN2. The summed E-state index contributed by atoms with van der Waals surface area (Å²) in [6.45, 7) is 8.79. The zero-order valence-electron chi connectivity index (χ0n) is 13.1. The highest BCUT2D eigenvalue weighted by Gasteiger charge is 2.15. The van der Waals surface area contributed by atoms with Gasteiger partial charge in [-0.1, -0.05) is 32.9 Å². The zero-order valence-corrected chi connectivity index (χ0v) is 15.3. The molecule has 0 aliphatic rings. The van der Waals surface area contributed by atoms with E-state index in [0.29, 0.717) is 12.0 Å². The minimum absolute atomic E-state index is 0.447. The molecule has 1 unspecified atom stereocenters. The lowest BCUT2D eigenvalue weighted by Crippen LogP contribution is -2.26. The van der Waals surface area contributed by atoms with Crippen LogP contribution >= 0.6 is 22.6 Å². The van der Waals surface area contributed by atoms with Gasteiger partial charge in [0.1, 0.15) is 0 Å². The third kappa shape index (κ3) is 4.85. The molecule has 1 N–H and O–H groups in total. The van der Waals surface area contributed by atoms with Gasteiger partial charge in [0.2, 0.25) is 0 Å². The van der Waals surface area contributed by atoms with Gasteiger partial charge in [0.05, 0.1) is 0 Å². The molecule has 0 saturated heterocycles. The smallest absolute Gasteiger partial charge is 0.0470 e. The fourth-order valence-electron chi connectivity index (χ4n) is 2.58. The van der Waals surface area contributed by atoms with Gasteiger partial charge in [-0.25, -0.2) is 0 Å². The number of hydrogen-bond donors (Lipinski definition) is 1. The molecule has 2 nitrogen and oxygen atoms in total. The molecule has 2 aromatic rings. The van der Waals surface area contributed by atoms with Crippen LogP contribution in [-0.4, -0.2) is 11.1 Å². The van der Waals surface area contributed by atoms with Crippen LogP contribution < -0.4 is 5.32 Å². The van der Waals surface area contributed by atoms with Crippen LogP contribution in [0.3, 0.4) is 0 Å². The number of aromatic nitrogens is 1. The van der Waals surface area contributed by atoms with E-state index in [-0.39, 0.29) is 0 Å². The maximum absolute atomic E-state index is 3.66. The number of rotatable bonds is 7. The van der Waals surface area contributed by atoms with Crippen LogP contribution in [0.15, 0.2) is 42.7 Å². The molecule has 0 radical (unpaired) electrons. The molecule has 1 aromatic carbocycles. The van der Waals surface area contributed by atoms with E-state index < -0.39 is 0 Å². The molecule has 2 rings (SSSR count). The maximum Gasteiger partial charge on any atom is 0.0470 e. The fourth-order valence-corrected chi connectivity index (χ4v) is 2.94. The van der Waals surface area contributed by atoms with Gasteiger partial charge >= 0.3 is 0 Å². The summed E-state index contributed by atoms with van der Waals surface area (Å²) in [6, 6.07) is 11.4. The summed E-state index contributed by atoms with van der Waals surface area (Å²) in [5.41, 5.74) is 2.74. The van der Waals surface area contributed by atoms with Gasteiger partial charge in [0.15, 0.2) is 0 Å². The first-order valence-corrected chi connectivity index (χ1v) is 8.81. The summed E-state index contributed by atoms with van der Waals surface area (Å²) in [7, 11) is 0. The molecular weight excluding hydrogens is 371 g/mol. The van der Waals surface area contributed by atoms with Crippen molar-refractivity contribution in [2.75, 3.05) is 6.54 Å². The standard InChI is InChI=1S/C18H25IN2/c1-4-10-20-18(14(2)3)16-9-11-21(13-16)12-15-5-7-17(19)8-6-15/h5-9,11,13-14,18,20H,4,10,12H2,1-3H3. The summed E-state index contributed by atoms with van der Waals surface area (Å²) >= 11 is 2.35. The lowest BCUT2D eigenvalue weighted by molar-refractivity contribution is 0.412. The van der Waals surface area contributed by atoms with Crippen molar-refractivity contribution in [2.24, 2.45) is 5.92 Å². The van der Waals surface area contributed by atoms with Crippen molar-refractivity contribution < 1.29 is 0 Å². The Morgan fingerprint density at radius 1 is 1.14 bits per heavy atom. The molecule has 114 valence electrons. The molecule has 1 atom stereocenters. The van der Waals surface area contributed by atoms with Crippen molar-refractivity contribution in [3.8, 4) is 0 Å². The van der Waals surface area contributed by atoms with Crippen LogP contribution in [0.1, 0.15) is 44.4 Å². The van der Waals surface area contributed by atoms with Gasteiger partial charge < -0.3 is 9.88 Å². The number of hydrogen-bond acceptors (Lipinski definition) is 1. The fraction of sp³-hybridized carbons (Fsp3) is 0.444. The lowest BCUT2D eigenvalue weighted by atomic mass is 9.98. The van der Waals surface area contributed by atoms with Crippen molar-refractivity contribution in [1.82, 2.24) is 9.88 Å². The number of nitrogens with zero attached hydrogens (tertiary/aromatic N) is 1. The summed E-state index contributed by atoms with van der Waals surface area (Å²) in [5.74, 6) is 0.603. The van der Waals surface area contributed by atoms with Gasteiger partial charge in [-0.15, -0.1) is 0 Å². The number of halogens is 1. The Morgan fingerprint density at radius 2 is 1.86 bits per heavy atom. The Bertz CT molecular complexity index is 543. The predicted octanol–water partition coefficient (Wildman–Crippen LogP) is 4.84. The second kappa shape index (κ2) is 7.99. The minimum atomic E-state index is 0.447. The number of benzene rings is 1. The van der Waals surface area contributed by atoms with E-state index in [1.165, 1.54) is 21.1 Å². The lowest BCUT2D eigenvalue weighted by Gasteiger charge is -2.21. The van der Waals surface area contributed by atoms with Crippen molar-refractivity contribution in [3.63, 3.8) is 0 Å². The van der Waals surface area contributed by atoms with Crippen molar-refractivity contribution in [1.29, 1.82) is 0 Å². The monoisotopic (exact) mass is 396 g/mol. The van der Waals surface area contributed by atoms with Crippen molar-refractivity contribution >= 4 is 22.6 Å². The van der Waals surface area contributed by atoms with Gasteiger partial charge in [-0.05, 0) is 70.8 Å². The van der Waals surface area contributed by atoms with Crippen LogP contribution in [-0.2, 0) is 6.54 Å². The van der Waals surface area contributed by atoms with E-state index in [0.717, 1.165) is 13.1 Å². The second-order valence-corrected chi connectivity index (χ2v) is 7.17. The van der Waals surface area contributed by atoms with Gasteiger partial charge in [0.25, 0.3) is 0 Å². The second-order valence-electron chi connectivity index (χ2n) is 5.92. The SMILES string of the molecule is CCCNC(c1ccn(Cc2ccc(I)cc2)c1)C(C)C. The summed E-state index contributed by atoms with van der Waals surface area (Å²) in [6.07, 6.45) is 5.65. The van der Waals surface area contributed by atoms with Crippen LogP contribution in [0.2, 0.25) is 0 Å². The summed E-state index contributed by atoms with van der Waals surface area (Å²) in [4.78, 5) is 0. The van der Waals surface area contributed by atoms with Crippen LogP contribution in [0, 0.1) is 9.49 Å². The topological polar surface area (TPSA) is 17.0 Å². The Kier molecular flexibility index (Phi) is 6.30. The van der Waals surface area contributed by atoms with Crippen LogP contribution in [0.4, 0.5) is 0 Å². The quantitative estimate of drug-likeness (QED) is 0.663. The Balaban J connectivity index is 2.07. The average Bonchev–Trinajstić information content (AvgIpc) is 2.90. The molecule has 0 aliphatic carbocycles. The Labute approximate surface area is 142 Å². The first-order chi connectivity index (χ1) is 10.1. The van der Waals surface area contributed by atoms with Crippen molar-refractivity contribution in [3.05, 3.63) is 57.4 Å². The first-order valence-electron chi connectivity index (χ1n) is 7.73. The van der Waals surface area contributed by atoms with E-state index in [4.69, 9.17) is 0 Å². The van der Waals surface area contributed by atoms with Gasteiger partial charge in [-0.3, -0.25) is 0 Å². The molecule has 0 spiro atoms. The number of nitrogens with one attached hydrogen (secondary N) is 1. The van der Waals surface area contributed by atoms with Gasteiger partial charge in [-0.2, -0.15) is 0 Å². The summed E-state index contributed by atoms with van der Waals surface area (Å²) in [5, 5.41) is 3.66. The summed E-state index contributed by atoms with van der Waals surface area (Å²) < 4.78 is 3.56. The van der Waals surface area contributed by atoms with E-state index in [1.807, 2.05) is 0 Å². The minimum Gasteiger partial charge on any atom is -0.350 e. The molecule has 3 heteroatoms. The molecule has 0 bridgehead atoms. The highest BCUT2D eigenvalue weighted by atomic mass is 127. The van der Waals surface area contributed by atoms with Crippen LogP contribution in [0.5, 0.6) is 0 Å². The predicted molar refractivity (Wildman–Crippen MR) is 98.6 cm³/mol. The zero-order chi connectivity index (χ0) is 15.2. The average molecular weight is 396 g/mol. The van der Waals surface area contributed by atoms with Crippen molar-refractivity contribution in [2.45, 2.75) is 39.8 Å². The Morgan fingerprint density at radius 3 is 2.48 bits per heavy atom. The molecule has 0 amide bonds. The van der Waals surface area contributed by atoms with Crippen LogP contribution in [0.25, 0.3) is 0 Å². The Hall–Kier alpha value is -0.810. The molecule has 0 aliphatic heterocycles. The molecule has 1 aromatic heterocycles. The van der Waals surface area contributed by atoms with E-state index in [9.17, 15) is 0 Å². The van der Waals surface area contributed by atoms with E-state index in [2.05, 4.69) is 96.0 Å². The van der Waals surface area contributed by atoms with E-state index in [1.54, 1.807) is 0 Å². The largest absolute Gasteiger partial charge is 0.350 e. The molecule has 0 saturated carbocycles. The van der Waals surface area contributed by atoms with Gasteiger partial charge in [0, 0.05) is 28.6 Å². The molecule has 21 heavy (non-hydrogen) atoms. The molecule has 1 heterocycles. The van der Waals surface area contributed by atoms with E-state index >= 15 is 0 Å². The normalized spacial score (nSPS) is 12.8. The third-order valence-electron chi connectivity index (χ3n) is 3.69. The maximum atomic E-state index is 3.66. The highest BCUT2D eigenvalue weighted by Crippen LogP contribution is 2.22. The first kappa shape index (κ1) is 16.6. The highest BCUT2D eigenvalue weighted by molar-refractivity contribution is 14.1.